The summed E-state index contributed by atoms with van der Waals surface area (Å²) in [6.07, 6.45) is 1.80. The van der Waals surface area contributed by atoms with Gasteiger partial charge < -0.3 is 15.5 Å². The van der Waals surface area contributed by atoms with Crippen LogP contribution in [-0.4, -0.2) is 52.2 Å². The van der Waals surface area contributed by atoms with Gasteiger partial charge in [-0.25, -0.2) is 4.99 Å². The van der Waals surface area contributed by atoms with Crippen LogP contribution in [-0.2, 0) is 31.2 Å². The number of hydrogen-bond donors (Lipinski definition) is 2. The minimum atomic E-state index is 0.0747. The summed E-state index contributed by atoms with van der Waals surface area (Å²) < 4.78 is 1.92. The van der Waals surface area contributed by atoms with E-state index < -0.39 is 0 Å². The lowest BCUT2D eigenvalue weighted by molar-refractivity contribution is -0.130. The molecule has 2 aromatic heterocycles. The Kier molecular flexibility index (Phi) is 6.95. The molecule has 2 aromatic rings. The predicted molar refractivity (Wildman–Crippen MR) is 118 cm³/mol. The number of carbonyl (C=O) groups is 1. The number of fused-ring (bicyclic) bond motifs is 1. The van der Waals surface area contributed by atoms with Crippen molar-refractivity contribution in [3.63, 3.8) is 0 Å². The molecule has 29 heavy (non-hydrogen) atoms. The molecule has 1 amide bonds. The highest BCUT2D eigenvalue weighted by molar-refractivity contribution is 7.10. The van der Waals surface area contributed by atoms with Crippen LogP contribution in [0.5, 0.6) is 0 Å². The van der Waals surface area contributed by atoms with Crippen molar-refractivity contribution in [1.29, 1.82) is 0 Å². The van der Waals surface area contributed by atoms with E-state index in [4.69, 9.17) is 0 Å². The van der Waals surface area contributed by atoms with E-state index in [2.05, 4.69) is 46.0 Å². The van der Waals surface area contributed by atoms with E-state index in [0.717, 1.165) is 31.6 Å². The molecular formula is C21H32N6OS. The molecule has 0 aromatic carbocycles. The minimum Gasteiger partial charge on any atom is -0.357 e. The zero-order valence-corrected chi connectivity index (χ0v) is 18.9. The monoisotopic (exact) mass is 416 g/mol. The number of aromatic nitrogens is 2. The molecule has 0 fully saturated rings. The van der Waals surface area contributed by atoms with Crippen molar-refractivity contribution in [3.05, 3.63) is 38.8 Å². The van der Waals surface area contributed by atoms with E-state index in [0.29, 0.717) is 12.5 Å². The SMILES string of the molecule is CCNC(=NCC(=O)N1CCc2sccc2C1)NC(C)Cc1c(C)nn(C)c1C. The van der Waals surface area contributed by atoms with Crippen molar-refractivity contribution < 1.29 is 4.79 Å². The summed E-state index contributed by atoms with van der Waals surface area (Å²) >= 11 is 1.78. The highest BCUT2D eigenvalue weighted by Crippen LogP contribution is 2.23. The Bertz CT molecular complexity index is 884. The zero-order valence-electron chi connectivity index (χ0n) is 18.1. The van der Waals surface area contributed by atoms with Crippen LogP contribution in [0.4, 0.5) is 0 Å². The van der Waals surface area contributed by atoms with E-state index in [1.54, 1.807) is 11.3 Å². The fraction of sp³-hybridized carbons (Fsp3) is 0.571. The molecule has 1 aliphatic rings. The van der Waals surface area contributed by atoms with Crippen LogP contribution in [0.15, 0.2) is 16.4 Å². The average Bonchev–Trinajstić information content (AvgIpc) is 3.25. The maximum Gasteiger partial charge on any atom is 0.244 e. The Hall–Kier alpha value is -2.35. The van der Waals surface area contributed by atoms with E-state index in [-0.39, 0.29) is 18.5 Å². The zero-order chi connectivity index (χ0) is 21.0. The lowest BCUT2D eigenvalue weighted by Crippen LogP contribution is -2.44. The average molecular weight is 417 g/mol. The number of thiophene rings is 1. The van der Waals surface area contributed by atoms with Crippen LogP contribution in [0.1, 0.15) is 41.2 Å². The number of hydrogen-bond acceptors (Lipinski definition) is 4. The molecule has 158 valence electrons. The minimum absolute atomic E-state index is 0.0747. The van der Waals surface area contributed by atoms with Crippen LogP contribution < -0.4 is 10.6 Å². The number of amides is 1. The van der Waals surface area contributed by atoms with Gasteiger partial charge in [-0.05, 0) is 63.1 Å². The number of rotatable bonds is 6. The first-order valence-electron chi connectivity index (χ1n) is 10.3. The molecule has 3 heterocycles. The van der Waals surface area contributed by atoms with Crippen LogP contribution >= 0.6 is 11.3 Å². The number of carbonyl (C=O) groups excluding carboxylic acids is 1. The van der Waals surface area contributed by atoms with Gasteiger partial charge >= 0.3 is 0 Å². The molecule has 0 radical (unpaired) electrons. The second kappa shape index (κ2) is 9.43. The lowest BCUT2D eigenvalue weighted by Gasteiger charge is -2.26. The number of nitrogens with one attached hydrogen (secondary N) is 2. The molecule has 1 unspecified atom stereocenters. The Labute approximate surface area is 177 Å². The number of nitrogens with zero attached hydrogens (tertiary/aromatic N) is 4. The predicted octanol–water partition coefficient (Wildman–Crippen LogP) is 2.17. The first-order chi connectivity index (χ1) is 13.9. The van der Waals surface area contributed by atoms with Gasteiger partial charge in [0.1, 0.15) is 6.54 Å². The summed E-state index contributed by atoms with van der Waals surface area (Å²) in [5.41, 5.74) is 4.79. The molecule has 1 aliphatic heterocycles. The molecule has 0 saturated heterocycles. The van der Waals surface area contributed by atoms with Gasteiger partial charge in [0.15, 0.2) is 5.96 Å². The fourth-order valence-electron chi connectivity index (χ4n) is 3.73. The summed E-state index contributed by atoms with van der Waals surface area (Å²) in [5, 5.41) is 13.3. The van der Waals surface area contributed by atoms with E-state index >= 15 is 0 Å². The molecular weight excluding hydrogens is 384 g/mol. The third-order valence-electron chi connectivity index (χ3n) is 5.43. The second-order valence-electron chi connectivity index (χ2n) is 7.65. The molecule has 0 aliphatic carbocycles. The summed E-state index contributed by atoms with van der Waals surface area (Å²) in [7, 11) is 1.97. The van der Waals surface area contributed by atoms with Gasteiger partial charge in [-0.2, -0.15) is 5.10 Å². The Balaban J connectivity index is 1.58. The van der Waals surface area contributed by atoms with Crippen molar-refractivity contribution in [2.24, 2.45) is 12.0 Å². The van der Waals surface area contributed by atoms with Crippen LogP contribution in [0.25, 0.3) is 0 Å². The molecule has 2 N–H and O–H groups in total. The van der Waals surface area contributed by atoms with Crippen molar-refractivity contribution in [2.75, 3.05) is 19.6 Å². The molecule has 3 rings (SSSR count). The van der Waals surface area contributed by atoms with Gasteiger partial charge in [-0.3, -0.25) is 9.48 Å². The third-order valence-corrected chi connectivity index (χ3v) is 6.45. The number of guanidine groups is 1. The van der Waals surface area contributed by atoms with Crippen LogP contribution in [0.3, 0.4) is 0 Å². The summed E-state index contributed by atoms with van der Waals surface area (Å²) in [4.78, 5) is 20.5. The van der Waals surface area contributed by atoms with Gasteiger partial charge in [0.25, 0.3) is 0 Å². The largest absolute Gasteiger partial charge is 0.357 e. The molecule has 0 spiro atoms. The van der Waals surface area contributed by atoms with Crippen molar-refractivity contribution in [3.8, 4) is 0 Å². The quantitative estimate of drug-likeness (QED) is 0.559. The van der Waals surface area contributed by atoms with Gasteiger partial charge in [0, 0.05) is 43.3 Å². The van der Waals surface area contributed by atoms with E-state index in [1.165, 1.54) is 21.7 Å². The smallest absolute Gasteiger partial charge is 0.244 e. The van der Waals surface area contributed by atoms with Crippen LogP contribution in [0.2, 0.25) is 0 Å². The third kappa shape index (κ3) is 5.18. The lowest BCUT2D eigenvalue weighted by atomic mass is 10.1. The normalized spacial score (nSPS) is 15.2. The van der Waals surface area contributed by atoms with Crippen molar-refractivity contribution in [2.45, 2.75) is 53.1 Å². The fourth-order valence-corrected chi connectivity index (χ4v) is 4.62. The first-order valence-corrected chi connectivity index (χ1v) is 11.1. The van der Waals surface area contributed by atoms with Crippen molar-refractivity contribution in [1.82, 2.24) is 25.3 Å². The number of aryl methyl sites for hydroxylation is 2. The van der Waals surface area contributed by atoms with E-state index in [1.807, 2.05) is 30.5 Å². The maximum absolute atomic E-state index is 12.7. The van der Waals surface area contributed by atoms with Crippen LogP contribution in [0, 0.1) is 13.8 Å². The van der Waals surface area contributed by atoms with Gasteiger partial charge in [-0.15, -0.1) is 11.3 Å². The van der Waals surface area contributed by atoms with Gasteiger partial charge in [0.05, 0.1) is 5.69 Å². The highest BCUT2D eigenvalue weighted by atomic mass is 32.1. The van der Waals surface area contributed by atoms with E-state index in [9.17, 15) is 4.79 Å². The Morgan fingerprint density at radius 2 is 2.21 bits per heavy atom. The Morgan fingerprint density at radius 1 is 1.41 bits per heavy atom. The molecule has 0 saturated carbocycles. The molecule has 1 atom stereocenters. The maximum atomic E-state index is 12.7. The van der Waals surface area contributed by atoms with Crippen molar-refractivity contribution >= 4 is 23.2 Å². The van der Waals surface area contributed by atoms with Gasteiger partial charge in [0.2, 0.25) is 5.91 Å². The molecule has 0 bridgehead atoms. The summed E-state index contributed by atoms with van der Waals surface area (Å²) in [5.74, 6) is 0.756. The Morgan fingerprint density at radius 3 is 2.90 bits per heavy atom. The topological polar surface area (TPSA) is 74.6 Å². The second-order valence-corrected chi connectivity index (χ2v) is 8.65. The standard InChI is InChI=1S/C21H32N6OS/c1-6-22-21(24-14(2)11-18-15(3)25-26(5)16(18)4)23-12-20(28)27-9-7-19-17(13-27)8-10-29-19/h8,10,14H,6-7,9,11-13H2,1-5H3,(H2,22,23,24). The molecule has 7 nitrogen and oxygen atoms in total. The van der Waals surface area contributed by atoms with Gasteiger partial charge in [-0.1, -0.05) is 0 Å². The highest BCUT2D eigenvalue weighted by Gasteiger charge is 2.21. The summed E-state index contributed by atoms with van der Waals surface area (Å²) in [6.45, 7) is 10.7. The number of aliphatic imine (C=N–C) groups is 1. The first kappa shape index (κ1) is 21.4. The summed E-state index contributed by atoms with van der Waals surface area (Å²) in [6, 6.07) is 2.30. The molecule has 8 heteroatoms.